The summed E-state index contributed by atoms with van der Waals surface area (Å²) < 4.78 is 18.0. The molecule has 0 saturated heterocycles. The zero-order chi connectivity index (χ0) is 21.6. The molecule has 31 heavy (non-hydrogen) atoms. The van der Waals surface area contributed by atoms with Crippen molar-refractivity contribution in [3.05, 3.63) is 66.2 Å². The molecule has 0 amide bonds. The van der Waals surface area contributed by atoms with Gasteiger partial charge in [0.2, 0.25) is 0 Å². The van der Waals surface area contributed by atoms with E-state index < -0.39 is 5.54 Å². The fourth-order valence-corrected chi connectivity index (χ4v) is 3.85. The Hall–Kier alpha value is -3.61. The summed E-state index contributed by atoms with van der Waals surface area (Å²) >= 11 is 0. The molecule has 1 spiro atoms. The van der Waals surface area contributed by atoms with Crippen LogP contribution in [0.1, 0.15) is 31.9 Å². The molecule has 3 heterocycles. The average molecular weight is 416 g/mol. The highest BCUT2D eigenvalue weighted by molar-refractivity contribution is 5.78. The molecule has 158 valence electrons. The Morgan fingerprint density at radius 1 is 1.00 bits per heavy atom. The normalized spacial score (nSPS) is 19.1. The number of benzene rings is 2. The largest absolute Gasteiger partial charge is 0.493 e. The van der Waals surface area contributed by atoms with E-state index in [1.807, 2.05) is 36.4 Å². The highest BCUT2D eigenvalue weighted by Crippen LogP contribution is 2.52. The van der Waals surface area contributed by atoms with Crippen LogP contribution in [0.15, 0.2) is 60.1 Å². The molecule has 1 aromatic heterocycles. The standard InChI is InChI=1S/C24H24N4O3/c1-23(2,3)12-29-17-5-7-21-19(9-17)24(13-30-22(25)28-24)18-8-15(4-6-20(18)31-21)16-10-26-14-27-11-16/h4-11,14H,12-13H2,1-3H3,(H2,25,28)/t24-/m1/s1. The lowest BCUT2D eigenvalue weighted by Crippen LogP contribution is -2.31. The van der Waals surface area contributed by atoms with Crippen LogP contribution in [0, 0.1) is 5.41 Å². The zero-order valence-corrected chi connectivity index (χ0v) is 17.8. The fourth-order valence-electron chi connectivity index (χ4n) is 3.85. The summed E-state index contributed by atoms with van der Waals surface area (Å²) in [5, 5.41) is 0. The van der Waals surface area contributed by atoms with E-state index in [0.29, 0.717) is 19.0 Å². The Morgan fingerprint density at radius 2 is 1.71 bits per heavy atom. The van der Waals surface area contributed by atoms with Crippen LogP contribution in [0.3, 0.4) is 0 Å². The van der Waals surface area contributed by atoms with Gasteiger partial charge in [0, 0.05) is 29.1 Å². The van der Waals surface area contributed by atoms with Crippen molar-refractivity contribution in [1.29, 1.82) is 0 Å². The number of aliphatic imine (C=N–C) groups is 1. The predicted octanol–water partition coefficient (Wildman–Crippen LogP) is 4.26. The maximum Gasteiger partial charge on any atom is 0.283 e. The van der Waals surface area contributed by atoms with Gasteiger partial charge in [-0.3, -0.25) is 0 Å². The molecule has 5 rings (SSSR count). The van der Waals surface area contributed by atoms with Crippen molar-refractivity contribution in [2.45, 2.75) is 26.3 Å². The van der Waals surface area contributed by atoms with Gasteiger partial charge in [-0.25, -0.2) is 15.0 Å². The third-order valence-corrected chi connectivity index (χ3v) is 5.34. The maximum absolute atomic E-state index is 6.24. The van der Waals surface area contributed by atoms with E-state index in [1.54, 1.807) is 12.4 Å². The van der Waals surface area contributed by atoms with E-state index in [9.17, 15) is 0 Å². The van der Waals surface area contributed by atoms with Gasteiger partial charge in [0.05, 0.1) is 6.61 Å². The van der Waals surface area contributed by atoms with Crippen LogP contribution in [0.2, 0.25) is 0 Å². The number of rotatable bonds is 3. The van der Waals surface area contributed by atoms with Gasteiger partial charge in [-0.05, 0) is 41.3 Å². The molecule has 2 aliphatic heterocycles. The number of fused-ring (bicyclic) bond motifs is 4. The Bertz CT molecular complexity index is 1170. The Balaban J connectivity index is 1.63. The van der Waals surface area contributed by atoms with Gasteiger partial charge in [0.25, 0.3) is 6.02 Å². The van der Waals surface area contributed by atoms with E-state index >= 15 is 0 Å². The van der Waals surface area contributed by atoms with Crippen molar-refractivity contribution in [3.63, 3.8) is 0 Å². The number of hydrogen-bond donors (Lipinski definition) is 1. The van der Waals surface area contributed by atoms with E-state index in [4.69, 9.17) is 24.9 Å². The van der Waals surface area contributed by atoms with Crippen molar-refractivity contribution >= 4 is 6.02 Å². The van der Waals surface area contributed by atoms with Gasteiger partial charge in [-0.15, -0.1) is 0 Å². The molecule has 0 unspecified atom stereocenters. The third kappa shape index (κ3) is 3.46. The third-order valence-electron chi connectivity index (χ3n) is 5.34. The summed E-state index contributed by atoms with van der Waals surface area (Å²) in [6.45, 7) is 7.29. The first-order chi connectivity index (χ1) is 14.8. The average Bonchev–Trinajstić information content (AvgIpc) is 3.15. The fraction of sp³-hybridized carbons (Fsp3) is 0.292. The second-order valence-electron chi connectivity index (χ2n) is 9.05. The lowest BCUT2D eigenvalue weighted by atomic mass is 9.80. The number of nitrogens with zero attached hydrogens (tertiary/aromatic N) is 3. The van der Waals surface area contributed by atoms with Crippen molar-refractivity contribution in [1.82, 2.24) is 9.97 Å². The number of nitrogens with two attached hydrogens (primary N) is 1. The quantitative estimate of drug-likeness (QED) is 0.686. The minimum atomic E-state index is -0.806. The summed E-state index contributed by atoms with van der Waals surface area (Å²) in [6, 6.07) is 12.0. The highest BCUT2D eigenvalue weighted by atomic mass is 16.5. The Kier molecular flexibility index (Phi) is 4.36. The van der Waals surface area contributed by atoms with Gasteiger partial charge >= 0.3 is 0 Å². The van der Waals surface area contributed by atoms with Gasteiger partial charge < -0.3 is 19.9 Å². The van der Waals surface area contributed by atoms with E-state index in [0.717, 1.165) is 33.8 Å². The molecule has 0 bridgehead atoms. The van der Waals surface area contributed by atoms with Gasteiger partial charge in [-0.1, -0.05) is 26.8 Å². The van der Waals surface area contributed by atoms with Crippen LogP contribution < -0.4 is 15.2 Å². The summed E-state index contributed by atoms with van der Waals surface area (Å²) in [6.07, 6.45) is 5.07. The highest BCUT2D eigenvalue weighted by Gasteiger charge is 2.47. The molecule has 0 aliphatic carbocycles. The van der Waals surface area contributed by atoms with Crippen LogP contribution in [0.25, 0.3) is 11.1 Å². The zero-order valence-electron chi connectivity index (χ0n) is 17.8. The number of hydrogen-bond acceptors (Lipinski definition) is 7. The summed E-state index contributed by atoms with van der Waals surface area (Å²) in [7, 11) is 0. The molecule has 7 heteroatoms. The molecule has 2 aliphatic rings. The molecular weight excluding hydrogens is 392 g/mol. The van der Waals surface area contributed by atoms with Gasteiger partial charge in [0.15, 0.2) is 5.54 Å². The monoisotopic (exact) mass is 416 g/mol. The summed E-state index contributed by atoms with van der Waals surface area (Å²) in [4.78, 5) is 13.0. The molecule has 0 radical (unpaired) electrons. The molecule has 3 aromatic rings. The molecule has 0 fully saturated rings. The van der Waals surface area contributed by atoms with Crippen LogP contribution in [-0.2, 0) is 10.3 Å². The van der Waals surface area contributed by atoms with E-state index in [2.05, 4.69) is 30.7 Å². The van der Waals surface area contributed by atoms with Crippen molar-refractivity contribution in [2.24, 2.45) is 16.1 Å². The smallest absolute Gasteiger partial charge is 0.283 e. The lowest BCUT2D eigenvalue weighted by Gasteiger charge is -2.34. The van der Waals surface area contributed by atoms with Crippen molar-refractivity contribution in [2.75, 3.05) is 13.2 Å². The second kappa shape index (κ2) is 6.97. The first-order valence-corrected chi connectivity index (χ1v) is 10.2. The minimum absolute atomic E-state index is 0.0440. The van der Waals surface area contributed by atoms with Crippen LogP contribution in [-0.4, -0.2) is 29.2 Å². The summed E-state index contributed by atoms with van der Waals surface area (Å²) in [5.41, 5.74) is 8.86. The van der Waals surface area contributed by atoms with Gasteiger partial charge in [0.1, 0.15) is 30.2 Å². The minimum Gasteiger partial charge on any atom is -0.493 e. The Labute approximate surface area is 180 Å². The van der Waals surface area contributed by atoms with Crippen LogP contribution in [0.4, 0.5) is 0 Å². The summed E-state index contributed by atoms with van der Waals surface area (Å²) in [5.74, 6) is 2.19. The predicted molar refractivity (Wildman–Crippen MR) is 117 cm³/mol. The SMILES string of the molecule is CC(C)(C)COc1ccc2c(c1)[C@@]1(COC(N)=N1)c1cc(-c3cncnc3)ccc1O2. The second-order valence-corrected chi connectivity index (χ2v) is 9.05. The van der Waals surface area contributed by atoms with E-state index in [1.165, 1.54) is 6.33 Å². The van der Waals surface area contributed by atoms with Crippen molar-refractivity contribution < 1.29 is 14.2 Å². The number of aromatic nitrogens is 2. The maximum atomic E-state index is 6.24. The first-order valence-electron chi connectivity index (χ1n) is 10.2. The Morgan fingerprint density at radius 3 is 2.39 bits per heavy atom. The van der Waals surface area contributed by atoms with Crippen LogP contribution in [0.5, 0.6) is 17.2 Å². The van der Waals surface area contributed by atoms with Crippen LogP contribution >= 0.6 is 0 Å². The lowest BCUT2D eigenvalue weighted by molar-refractivity contribution is 0.197. The molecule has 7 nitrogen and oxygen atoms in total. The molecule has 1 atom stereocenters. The molecule has 2 aromatic carbocycles. The number of amidine groups is 1. The first kappa shape index (κ1) is 19.4. The topological polar surface area (TPSA) is 91.9 Å². The molecule has 0 saturated carbocycles. The molecular formula is C24H24N4O3. The van der Waals surface area contributed by atoms with Crippen molar-refractivity contribution in [3.8, 4) is 28.4 Å². The number of ether oxygens (including phenoxy) is 3. The van der Waals surface area contributed by atoms with E-state index in [-0.39, 0.29) is 11.4 Å². The van der Waals surface area contributed by atoms with Gasteiger partial charge in [-0.2, -0.15) is 0 Å². The molecule has 2 N–H and O–H groups in total.